The van der Waals surface area contributed by atoms with Crippen LogP contribution in [0.1, 0.15) is 28.8 Å². The summed E-state index contributed by atoms with van der Waals surface area (Å²) in [6.07, 6.45) is -1.19. The molecule has 7 heteroatoms. The van der Waals surface area contributed by atoms with E-state index in [1.807, 2.05) is 0 Å². The van der Waals surface area contributed by atoms with E-state index in [-0.39, 0.29) is 12.3 Å². The van der Waals surface area contributed by atoms with Crippen molar-refractivity contribution in [2.45, 2.75) is 37.8 Å². The van der Waals surface area contributed by atoms with Crippen molar-refractivity contribution in [2.24, 2.45) is 0 Å². The van der Waals surface area contributed by atoms with Gasteiger partial charge in [0.25, 0.3) is 5.91 Å². The van der Waals surface area contributed by atoms with Crippen LogP contribution in [-0.4, -0.2) is 45.4 Å². The number of rotatable bonds is 1. The Bertz CT molecular complexity index is 604. The van der Waals surface area contributed by atoms with E-state index in [2.05, 4.69) is 5.32 Å². The van der Waals surface area contributed by atoms with Gasteiger partial charge in [-0.25, -0.2) is 0 Å². The highest BCUT2D eigenvalue weighted by Gasteiger charge is 2.41. The van der Waals surface area contributed by atoms with Gasteiger partial charge in [-0.05, 0) is 24.5 Å². The molecule has 2 amide bonds. The Morgan fingerprint density at radius 3 is 2.71 bits per heavy atom. The molecule has 0 aromatic heterocycles. The first-order chi connectivity index (χ1) is 9.99. The Labute approximate surface area is 121 Å². The summed E-state index contributed by atoms with van der Waals surface area (Å²) in [7, 11) is 0. The van der Waals surface area contributed by atoms with E-state index >= 15 is 0 Å². The van der Waals surface area contributed by atoms with Crippen molar-refractivity contribution >= 4 is 17.5 Å². The molecule has 1 fully saturated rings. The number of aliphatic hydroxyl groups excluding tert-OH is 2. The zero-order valence-electron chi connectivity index (χ0n) is 11.3. The number of amides is 2. The fourth-order valence-electron chi connectivity index (χ4n) is 2.99. The second-order valence-corrected chi connectivity index (χ2v) is 5.40. The SMILES string of the molecule is Nc1cccc2c1C(=O)N(C1CCC(O)NC1O)C(=O)C2. The molecule has 1 aromatic carbocycles. The Balaban J connectivity index is 1.95. The molecule has 0 saturated carbocycles. The zero-order valence-corrected chi connectivity index (χ0v) is 11.3. The highest BCUT2D eigenvalue weighted by atomic mass is 16.3. The first kappa shape index (κ1) is 14.0. The minimum atomic E-state index is -1.15. The van der Waals surface area contributed by atoms with Gasteiger partial charge in [0, 0.05) is 5.69 Å². The van der Waals surface area contributed by atoms with E-state index in [0.29, 0.717) is 29.7 Å². The maximum atomic E-state index is 12.6. The van der Waals surface area contributed by atoms with Gasteiger partial charge in [-0.3, -0.25) is 19.8 Å². The van der Waals surface area contributed by atoms with Crippen LogP contribution in [0.15, 0.2) is 18.2 Å². The number of anilines is 1. The molecule has 112 valence electrons. The fraction of sp³-hybridized carbons (Fsp3) is 0.429. The summed E-state index contributed by atoms with van der Waals surface area (Å²) < 4.78 is 0. The van der Waals surface area contributed by atoms with Gasteiger partial charge >= 0.3 is 0 Å². The number of imide groups is 1. The van der Waals surface area contributed by atoms with E-state index in [4.69, 9.17) is 5.73 Å². The molecule has 5 N–H and O–H groups in total. The Hall–Kier alpha value is -1.96. The molecule has 2 aliphatic rings. The Kier molecular flexibility index (Phi) is 3.40. The summed E-state index contributed by atoms with van der Waals surface area (Å²) in [6, 6.07) is 4.33. The molecule has 2 aliphatic heterocycles. The predicted octanol–water partition coefficient (Wildman–Crippen LogP) is -0.818. The minimum Gasteiger partial charge on any atom is -0.398 e. The van der Waals surface area contributed by atoms with Gasteiger partial charge in [-0.1, -0.05) is 12.1 Å². The van der Waals surface area contributed by atoms with Crippen molar-refractivity contribution in [3.05, 3.63) is 29.3 Å². The van der Waals surface area contributed by atoms with E-state index in [0.717, 1.165) is 4.90 Å². The maximum Gasteiger partial charge on any atom is 0.263 e. The lowest BCUT2D eigenvalue weighted by Gasteiger charge is -2.40. The van der Waals surface area contributed by atoms with Crippen LogP contribution in [0.5, 0.6) is 0 Å². The van der Waals surface area contributed by atoms with Gasteiger partial charge in [0.15, 0.2) is 0 Å². The number of nitrogens with zero attached hydrogens (tertiary/aromatic N) is 1. The van der Waals surface area contributed by atoms with Crippen molar-refractivity contribution < 1.29 is 19.8 Å². The second kappa shape index (κ2) is 5.10. The summed E-state index contributed by atoms with van der Waals surface area (Å²) in [5, 5.41) is 22.0. The molecule has 3 atom stereocenters. The molecule has 0 aliphatic carbocycles. The number of hydrogen-bond acceptors (Lipinski definition) is 6. The van der Waals surface area contributed by atoms with Crippen molar-refractivity contribution in [2.75, 3.05) is 5.73 Å². The van der Waals surface area contributed by atoms with E-state index in [1.165, 1.54) is 0 Å². The minimum absolute atomic E-state index is 0.0812. The normalized spacial score (nSPS) is 29.4. The number of nitrogens with two attached hydrogens (primary N) is 1. The molecule has 3 unspecified atom stereocenters. The number of fused-ring (bicyclic) bond motifs is 1. The lowest BCUT2D eigenvalue weighted by atomic mass is 9.93. The molecule has 3 rings (SSSR count). The van der Waals surface area contributed by atoms with E-state index in [9.17, 15) is 19.8 Å². The van der Waals surface area contributed by atoms with Crippen molar-refractivity contribution in [1.29, 1.82) is 0 Å². The molecule has 21 heavy (non-hydrogen) atoms. The van der Waals surface area contributed by atoms with Crippen LogP contribution in [0.4, 0.5) is 5.69 Å². The molecular weight excluding hydrogens is 274 g/mol. The highest BCUT2D eigenvalue weighted by molar-refractivity contribution is 6.12. The smallest absolute Gasteiger partial charge is 0.263 e. The number of nitrogen functional groups attached to an aromatic ring is 1. The summed E-state index contributed by atoms with van der Waals surface area (Å²) in [5.41, 5.74) is 7.12. The molecule has 1 saturated heterocycles. The predicted molar refractivity (Wildman–Crippen MR) is 73.9 cm³/mol. The Morgan fingerprint density at radius 2 is 2.00 bits per heavy atom. The monoisotopic (exact) mass is 291 g/mol. The third-order valence-electron chi connectivity index (χ3n) is 4.02. The molecule has 0 radical (unpaired) electrons. The number of carbonyl (C=O) groups is 2. The molecule has 7 nitrogen and oxygen atoms in total. The third kappa shape index (κ3) is 2.29. The topological polar surface area (TPSA) is 116 Å². The van der Waals surface area contributed by atoms with Gasteiger partial charge in [0.2, 0.25) is 5.91 Å². The largest absolute Gasteiger partial charge is 0.398 e. The van der Waals surface area contributed by atoms with Crippen LogP contribution in [0, 0.1) is 0 Å². The van der Waals surface area contributed by atoms with Crippen LogP contribution in [0.2, 0.25) is 0 Å². The van der Waals surface area contributed by atoms with Crippen LogP contribution < -0.4 is 11.1 Å². The Morgan fingerprint density at radius 1 is 1.24 bits per heavy atom. The van der Waals surface area contributed by atoms with Crippen molar-refractivity contribution in [1.82, 2.24) is 10.2 Å². The number of carbonyl (C=O) groups excluding carboxylic acids is 2. The molecule has 0 spiro atoms. The standard InChI is InChI=1S/C14H17N3O4/c15-8-3-1-2-7-6-11(19)17(14(21)12(7)8)9-4-5-10(18)16-13(9)20/h1-3,9-10,13,16,18,20H,4-6,15H2. The van der Waals surface area contributed by atoms with Crippen molar-refractivity contribution in [3.8, 4) is 0 Å². The number of benzene rings is 1. The van der Waals surface area contributed by atoms with E-state index in [1.54, 1.807) is 18.2 Å². The van der Waals surface area contributed by atoms with Gasteiger partial charge in [0.05, 0.1) is 18.0 Å². The molecule has 2 heterocycles. The average molecular weight is 291 g/mol. The van der Waals surface area contributed by atoms with Crippen molar-refractivity contribution in [3.63, 3.8) is 0 Å². The first-order valence-corrected chi connectivity index (χ1v) is 6.85. The summed E-state index contributed by atoms with van der Waals surface area (Å²) >= 11 is 0. The van der Waals surface area contributed by atoms with Gasteiger partial charge in [0.1, 0.15) is 12.5 Å². The van der Waals surface area contributed by atoms with Gasteiger partial charge in [-0.15, -0.1) is 0 Å². The van der Waals surface area contributed by atoms with Crippen LogP contribution in [0.3, 0.4) is 0 Å². The lowest BCUT2D eigenvalue weighted by Crippen LogP contribution is -2.61. The van der Waals surface area contributed by atoms with Crippen LogP contribution >= 0.6 is 0 Å². The molecular formula is C14H17N3O4. The number of aliphatic hydroxyl groups is 2. The number of nitrogens with one attached hydrogen (secondary N) is 1. The molecule has 1 aromatic rings. The maximum absolute atomic E-state index is 12.6. The summed E-state index contributed by atoms with van der Waals surface area (Å²) in [5.74, 6) is -0.845. The number of hydrogen-bond donors (Lipinski definition) is 4. The van der Waals surface area contributed by atoms with Gasteiger partial charge < -0.3 is 15.9 Å². The van der Waals surface area contributed by atoms with Gasteiger partial charge in [-0.2, -0.15) is 0 Å². The summed E-state index contributed by atoms with van der Waals surface area (Å²) in [4.78, 5) is 25.9. The lowest BCUT2D eigenvalue weighted by molar-refractivity contribution is -0.136. The quantitative estimate of drug-likeness (QED) is 0.397. The average Bonchev–Trinajstić information content (AvgIpc) is 2.40. The first-order valence-electron chi connectivity index (χ1n) is 6.85. The fourth-order valence-corrected chi connectivity index (χ4v) is 2.99. The second-order valence-electron chi connectivity index (χ2n) is 5.40. The number of piperidine rings is 1. The van der Waals surface area contributed by atoms with Crippen LogP contribution in [0.25, 0.3) is 0 Å². The third-order valence-corrected chi connectivity index (χ3v) is 4.02. The zero-order chi connectivity index (χ0) is 15.1. The summed E-state index contributed by atoms with van der Waals surface area (Å²) in [6.45, 7) is 0. The van der Waals surface area contributed by atoms with E-state index < -0.39 is 24.4 Å². The molecule has 0 bridgehead atoms. The highest BCUT2D eigenvalue weighted by Crippen LogP contribution is 2.29. The van der Waals surface area contributed by atoms with Crippen LogP contribution in [-0.2, 0) is 11.2 Å².